The molecule has 4 aromatic rings. The molecule has 0 bridgehead atoms. The Morgan fingerprint density at radius 3 is 2.48 bits per heavy atom. The Bertz CT molecular complexity index is 1050. The summed E-state index contributed by atoms with van der Waals surface area (Å²) in [6, 6.07) is 19.5. The SMILES string of the molecule is Cc1cccc(-c2[nH+]c3ccccc3c(=O)n2-n2cccc2)c1. The molecule has 1 N–H and O–H groups in total. The lowest BCUT2D eigenvalue weighted by atomic mass is 10.1. The van der Waals surface area contributed by atoms with Gasteiger partial charge in [0.2, 0.25) is 0 Å². The highest BCUT2D eigenvalue weighted by Gasteiger charge is 2.21. The number of hydrogen-bond acceptors (Lipinski definition) is 1. The first kappa shape index (κ1) is 13.5. The van der Waals surface area contributed by atoms with E-state index in [0.29, 0.717) is 5.39 Å². The van der Waals surface area contributed by atoms with Gasteiger partial charge in [0.1, 0.15) is 10.9 Å². The minimum absolute atomic E-state index is 0.0490. The Labute approximate surface area is 133 Å². The van der Waals surface area contributed by atoms with Crippen LogP contribution in [0.5, 0.6) is 0 Å². The van der Waals surface area contributed by atoms with Gasteiger partial charge in [0, 0.05) is 12.4 Å². The highest BCUT2D eigenvalue weighted by atomic mass is 16.1. The fraction of sp³-hybridized carbons (Fsp3) is 0.0526. The van der Waals surface area contributed by atoms with Gasteiger partial charge in [-0.25, -0.2) is 9.78 Å². The van der Waals surface area contributed by atoms with Crippen LogP contribution in [0.2, 0.25) is 0 Å². The molecule has 4 rings (SSSR count). The van der Waals surface area contributed by atoms with Crippen molar-refractivity contribution in [2.45, 2.75) is 6.92 Å². The normalized spacial score (nSPS) is 11.0. The molecule has 0 saturated carbocycles. The van der Waals surface area contributed by atoms with E-state index in [1.165, 1.54) is 0 Å². The highest BCUT2D eigenvalue weighted by Crippen LogP contribution is 2.17. The van der Waals surface area contributed by atoms with E-state index in [4.69, 9.17) is 0 Å². The van der Waals surface area contributed by atoms with E-state index < -0.39 is 0 Å². The molecule has 2 aromatic heterocycles. The topological polar surface area (TPSA) is 41.1 Å². The number of aryl methyl sites for hydroxylation is 1. The van der Waals surface area contributed by atoms with Crippen molar-refractivity contribution in [3.8, 4) is 11.4 Å². The summed E-state index contributed by atoms with van der Waals surface area (Å²) in [5, 5.41) is 0.664. The molecular weight excluding hydrogens is 286 g/mol. The van der Waals surface area contributed by atoms with E-state index in [2.05, 4.69) is 11.1 Å². The molecule has 23 heavy (non-hydrogen) atoms. The molecule has 2 aromatic carbocycles. The number of rotatable bonds is 2. The number of benzene rings is 2. The molecule has 0 aliphatic heterocycles. The Morgan fingerprint density at radius 1 is 0.913 bits per heavy atom. The van der Waals surface area contributed by atoms with Gasteiger partial charge in [0.05, 0.1) is 5.56 Å². The number of nitrogens with one attached hydrogen (secondary N) is 1. The molecule has 0 fully saturated rings. The third-order valence-electron chi connectivity index (χ3n) is 3.93. The van der Waals surface area contributed by atoms with Gasteiger partial charge < -0.3 is 0 Å². The second-order valence-electron chi connectivity index (χ2n) is 5.57. The molecule has 0 atom stereocenters. The van der Waals surface area contributed by atoms with E-state index in [0.717, 1.165) is 22.5 Å². The van der Waals surface area contributed by atoms with Crippen LogP contribution in [0.4, 0.5) is 0 Å². The van der Waals surface area contributed by atoms with Gasteiger partial charge >= 0.3 is 11.4 Å². The van der Waals surface area contributed by atoms with Crippen molar-refractivity contribution in [2.24, 2.45) is 0 Å². The molecular formula is C19H16N3O+. The largest absolute Gasteiger partial charge is 0.369 e. The van der Waals surface area contributed by atoms with Crippen LogP contribution in [0, 0.1) is 6.92 Å². The summed E-state index contributed by atoms with van der Waals surface area (Å²) in [7, 11) is 0. The summed E-state index contributed by atoms with van der Waals surface area (Å²) in [6.45, 7) is 2.04. The highest BCUT2D eigenvalue weighted by molar-refractivity contribution is 5.75. The van der Waals surface area contributed by atoms with Crippen LogP contribution < -0.4 is 10.5 Å². The minimum atomic E-state index is -0.0490. The summed E-state index contributed by atoms with van der Waals surface area (Å²) in [5.41, 5.74) is 2.90. The molecule has 0 unspecified atom stereocenters. The summed E-state index contributed by atoms with van der Waals surface area (Å²) in [5.74, 6) is 0.758. The van der Waals surface area contributed by atoms with Gasteiger partial charge in [-0.1, -0.05) is 34.5 Å². The molecule has 0 radical (unpaired) electrons. The third-order valence-corrected chi connectivity index (χ3v) is 3.93. The lowest BCUT2D eigenvalue weighted by Gasteiger charge is -2.07. The smallest absolute Gasteiger partial charge is 0.238 e. The average Bonchev–Trinajstić information content (AvgIpc) is 3.09. The van der Waals surface area contributed by atoms with E-state index in [1.54, 1.807) is 9.35 Å². The maximum Gasteiger partial charge on any atom is 0.369 e. The molecule has 0 spiro atoms. The lowest BCUT2D eigenvalue weighted by Crippen LogP contribution is -2.33. The lowest BCUT2D eigenvalue weighted by molar-refractivity contribution is -0.339. The number of para-hydroxylation sites is 1. The van der Waals surface area contributed by atoms with Crippen molar-refractivity contribution < 1.29 is 4.98 Å². The van der Waals surface area contributed by atoms with Gasteiger partial charge in [-0.15, -0.1) is 0 Å². The Morgan fingerprint density at radius 2 is 1.70 bits per heavy atom. The zero-order valence-electron chi connectivity index (χ0n) is 12.7. The molecule has 0 amide bonds. The first-order valence-corrected chi connectivity index (χ1v) is 7.52. The maximum atomic E-state index is 13.0. The Hall–Kier alpha value is -3.14. The molecule has 2 heterocycles. The predicted octanol–water partition coefficient (Wildman–Crippen LogP) is 2.90. The zero-order chi connectivity index (χ0) is 15.8. The third kappa shape index (κ3) is 2.25. The van der Waals surface area contributed by atoms with Gasteiger partial charge in [-0.3, -0.25) is 0 Å². The Kier molecular flexibility index (Phi) is 3.08. The molecule has 0 saturated heterocycles. The van der Waals surface area contributed by atoms with Crippen LogP contribution in [-0.2, 0) is 0 Å². The van der Waals surface area contributed by atoms with Crippen molar-refractivity contribution in [3.05, 3.63) is 89.0 Å². The van der Waals surface area contributed by atoms with Crippen molar-refractivity contribution in [2.75, 3.05) is 0 Å². The van der Waals surface area contributed by atoms with Crippen LogP contribution in [-0.4, -0.2) is 9.35 Å². The second kappa shape index (κ2) is 5.25. The van der Waals surface area contributed by atoms with Crippen molar-refractivity contribution >= 4 is 10.9 Å². The van der Waals surface area contributed by atoms with E-state index >= 15 is 0 Å². The van der Waals surface area contributed by atoms with Gasteiger partial charge in [0.15, 0.2) is 0 Å². The number of H-pyrrole nitrogens is 1. The van der Waals surface area contributed by atoms with E-state index in [9.17, 15) is 4.79 Å². The summed E-state index contributed by atoms with van der Waals surface area (Å²) in [6.07, 6.45) is 3.73. The van der Waals surface area contributed by atoms with Gasteiger partial charge in [-0.2, -0.15) is 4.68 Å². The molecule has 0 aliphatic carbocycles. The number of nitrogens with zero attached hydrogens (tertiary/aromatic N) is 2. The van der Waals surface area contributed by atoms with Crippen LogP contribution in [0.1, 0.15) is 5.56 Å². The van der Waals surface area contributed by atoms with Crippen LogP contribution in [0.3, 0.4) is 0 Å². The monoisotopic (exact) mass is 302 g/mol. The zero-order valence-corrected chi connectivity index (χ0v) is 12.7. The van der Waals surface area contributed by atoms with Crippen LogP contribution in [0.25, 0.3) is 22.3 Å². The number of aromatic amines is 1. The fourth-order valence-corrected chi connectivity index (χ4v) is 2.84. The van der Waals surface area contributed by atoms with Crippen molar-refractivity contribution in [3.63, 3.8) is 0 Å². The first-order chi connectivity index (χ1) is 11.2. The van der Waals surface area contributed by atoms with E-state index in [-0.39, 0.29) is 5.56 Å². The number of aromatic nitrogens is 3. The second-order valence-corrected chi connectivity index (χ2v) is 5.57. The predicted molar refractivity (Wildman–Crippen MR) is 90.2 cm³/mol. The summed E-state index contributed by atoms with van der Waals surface area (Å²) in [4.78, 5) is 16.4. The maximum absolute atomic E-state index is 13.0. The molecule has 4 nitrogen and oxygen atoms in total. The Balaban J connectivity index is 2.14. The molecule has 0 aliphatic rings. The minimum Gasteiger partial charge on any atom is -0.238 e. The summed E-state index contributed by atoms with van der Waals surface area (Å²) < 4.78 is 3.46. The van der Waals surface area contributed by atoms with Crippen molar-refractivity contribution in [1.29, 1.82) is 0 Å². The first-order valence-electron chi connectivity index (χ1n) is 7.52. The number of hydrogen-bond donors (Lipinski definition) is 0. The summed E-state index contributed by atoms with van der Waals surface area (Å²) >= 11 is 0. The van der Waals surface area contributed by atoms with E-state index in [1.807, 2.05) is 73.9 Å². The number of fused-ring (bicyclic) bond motifs is 1. The fourth-order valence-electron chi connectivity index (χ4n) is 2.84. The molecule has 112 valence electrons. The molecule has 4 heteroatoms. The standard InChI is InChI=1S/C19H15N3O/c1-14-7-6-8-15(13-14)18-20-17-10-3-2-9-16(17)19(23)22(18)21-11-4-5-12-21/h2-13H,1H3/p+1. The van der Waals surface area contributed by atoms with Gasteiger partial charge in [0.25, 0.3) is 0 Å². The quantitative estimate of drug-likeness (QED) is 0.561. The van der Waals surface area contributed by atoms with Crippen LogP contribution >= 0.6 is 0 Å². The van der Waals surface area contributed by atoms with Crippen molar-refractivity contribution in [1.82, 2.24) is 9.35 Å². The van der Waals surface area contributed by atoms with Crippen LogP contribution in [0.15, 0.2) is 77.9 Å². The average molecular weight is 302 g/mol. The van der Waals surface area contributed by atoms with Gasteiger partial charge in [-0.05, 0) is 43.3 Å².